The van der Waals surface area contributed by atoms with Crippen LogP contribution in [0.5, 0.6) is 5.75 Å². The fourth-order valence-corrected chi connectivity index (χ4v) is 2.80. The maximum atomic E-state index is 11.4. The summed E-state index contributed by atoms with van der Waals surface area (Å²) in [6.45, 7) is 0.418. The number of nitrogens with two attached hydrogens (primary N) is 1. The van der Waals surface area contributed by atoms with Crippen molar-refractivity contribution in [1.82, 2.24) is 4.98 Å². The third kappa shape index (κ3) is 3.01. The molecule has 0 spiro atoms. The molecule has 0 saturated heterocycles. The van der Waals surface area contributed by atoms with Crippen LogP contribution in [-0.4, -0.2) is 18.1 Å². The molecular weight excluding hydrogens is 300 g/mol. The number of methoxy groups -OCH3 is 1. The van der Waals surface area contributed by atoms with E-state index in [1.807, 2.05) is 30.3 Å². The standard InChI is InChI=1S/C16H14N2O3S/c1-20-15(19)11-4-2-10(3-5-11)9-21-12-6-7-13-14(8-12)22-16(17)18-13/h2-8H,9H2,1H3,(H2,17,18). The molecule has 1 aromatic heterocycles. The van der Waals surface area contributed by atoms with Crippen LogP contribution in [0.25, 0.3) is 10.2 Å². The highest BCUT2D eigenvalue weighted by atomic mass is 32.1. The topological polar surface area (TPSA) is 74.4 Å². The highest BCUT2D eigenvalue weighted by molar-refractivity contribution is 7.22. The van der Waals surface area contributed by atoms with Gasteiger partial charge in [-0.15, -0.1) is 0 Å². The van der Waals surface area contributed by atoms with Crippen LogP contribution in [0.2, 0.25) is 0 Å². The van der Waals surface area contributed by atoms with Crippen molar-refractivity contribution >= 4 is 32.7 Å². The predicted octanol–water partition coefficient (Wildman–Crippen LogP) is 3.24. The number of fused-ring (bicyclic) bond motifs is 1. The number of carbonyl (C=O) groups is 1. The van der Waals surface area contributed by atoms with Crippen LogP contribution in [0, 0.1) is 0 Å². The van der Waals surface area contributed by atoms with Crippen LogP contribution in [0.15, 0.2) is 42.5 Å². The SMILES string of the molecule is COC(=O)c1ccc(COc2ccc3nc(N)sc3c2)cc1. The van der Waals surface area contributed by atoms with Gasteiger partial charge in [0.05, 0.1) is 22.9 Å². The molecule has 0 aliphatic rings. The number of nitrogens with zero attached hydrogens (tertiary/aromatic N) is 1. The Labute approximate surface area is 131 Å². The van der Waals surface area contributed by atoms with Crippen LogP contribution in [0.3, 0.4) is 0 Å². The van der Waals surface area contributed by atoms with Crippen LogP contribution in [0.4, 0.5) is 5.13 Å². The molecule has 2 aromatic carbocycles. The Morgan fingerprint density at radius 1 is 1.23 bits per heavy atom. The Kier molecular flexibility index (Phi) is 3.93. The van der Waals surface area contributed by atoms with E-state index in [2.05, 4.69) is 9.72 Å². The minimum absolute atomic E-state index is 0.347. The lowest BCUT2D eigenvalue weighted by Crippen LogP contribution is -2.01. The molecule has 0 bridgehead atoms. The van der Waals surface area contributed by atoms with Crippen molar-refractivity contribution in [2.75, 3.05) is 12.8 Å². The van der Waals surface area contributed by atoms with Gasteiger partial charge in [0.15, 0.2) is 5.13 Å². The first-order chi connectivity index (χ1) is 10.7. The number of hydrogen-bond acceptors (Lipinski definition) is 6. The van der Waals surface area contributed by atoms with Crippen molar-refractivity contribution < 1.29 is 14.3 Å². The lowest BCUT2D eigenvalue weighted by molar-refractivity contribution is 0.0600. The average Bonchev–Trinajstić information content (AvgIpc) is 2.92. The molecule has 1 heterocycles. The smallest absolute Gasteiger partial charge is 0.337 e. The first-order valence-electron chi connectivity index (χ1n) is 6.62. The second kappa shape index (κ2) is 6.03. The van der Waals surface area contributed by atoms with Crippen molar-refractivity contribution in [2.45, 2.75) is 6.61 Å². The van der Waals surface area contributed by atoms with Gasteiger partial charge in [0.2, 0.25) is 0 Å². The normalized spacial score (nSPS) is 10.6. The van der Waals surface area contributed by atoms with Gasteiger partial charge in [-0.05, 0) is 35.9 Å². The number of nitrogen functional groups attached to an aromatic ring is 1. The zero-order chi connectivity index (χ0) is 15.5. The predicted molar refractivity (Wildman–Crippen MR) is 86.1 cm³/mol. The summed E-state index contributed by atoms with van der Waals surface area (Å²) in [6.07, 6.45) is 0. The van der Waals surface area contributed by atoms with Gasteiger partial charge in [-0.25, -0.2) is 9.78 Å². The van der Waals surface area contributed by atoms with E-state index in [-0.39, 0.29) is 5.97 Å². The van der Waals surface area contributed by atoms with E-state index in [1.54, 1.807) is 12.1 Å². The first kappa shape index (κ1) is 14.3. The molecule has 5 nitrogen and oxygen atoms in total. The zero-order valence-corrected chi connectivity index (χ0v) is 12.7. The molecule has 0 unspecified atom stereocenters. The number of anilines is 1. The minimum Gasteiger partial charge on any atom is -0.489 e. The fourth-order valence-electron chi connectivity index (χ4n) is 2.03. The van der Waals surface area contributed by atoms with Crippen molar-refractivity contribution in [2.24, 2.45) is 0 Å². The molecule has 3 aromatic rings. The largest absolute Gasteiger partial charge is 0.489 e. The van der Waals surface area contributed by atoms with E-state index < -0.39 is 0 Å². The lowest BCUT2D eigenvalue weighted by atomic mass is 10.1. The van der Waals surface area contributed by atoms with Crippen LogP contribution in [0.1, 0.15) is 15.9 Å². The van der Waals surface area contributed by atoms with Gasteiger partial charge in [0.1, 0.15) is 12.4 Å². The highest BCUT2D eigenvalue weighted by Crippen LogP contribution is 2.27. The fraction of sp³-hybridized carbons (Fsp3) is 0.125. The van der Waals surface area contributed by atoms with Crippen molar-refractivity contribution in [3.8, 4) is 5.75 Å². The Morgan fingerprint density at radius 3 is 2.73 bits per heavy atom. The Hall–Kier alpha value is -2.60. The molecule has 0 aliphatic carbocycles. The van der Waals surface area contributed by atoms with Crippen molar-refractivity contribution in [1.29, 1.82) is 0 Å². The number of rotatable bonds is 4. The van der Waals surface area contributed by atoms with Gasteiger partial charge in [-0.1, -0.05) is 23.5 Å². The quantitative estimate of drug-likeness (QED) is 0.748. The van der Waals surface area contributed by atoms with Gasteiger partial charge in [-0.2, -0.15) is 0 Å². The first-order valence-corrected chi connectivity index (χ1v) is 7.43. The summed E-state index contributed by atoms with van der Waals surface area (Å²) >= 11 is 1.43. The van der Waals surface area contributed by atoms with E-state index in [0.717, 1.165) is 21.5 Å². The number of ether oxygens (including phenoxy) is 2. The molecule has 0 radical (unpaired) electrons. The summed E-state index contributed by atoms with van der Waals surface area (Å²) in [5, 5.41) is 0.547. The number of thiazole rings is 1. The second-order valence-corrected chi connectivity index (χ2v) is 5.72. The summed E-state index contributed by atoms with van der Waals surface area (Å²) in [5.41, 5.74) is 8.05. The summed E-state index contributed by atoms with van der Waals surface area (Å²) in [7, 11) is 1.36. The third-order valence-corrected chi connectivity index (χ3v) is 4.00. The van der Waals surface area contributed by atoms with Gasteiger partial charge < -0.3 is 15.2 Å². The maximum Gasteiger partial charge on any atom is 0.337 e. The van der Waals surface area contributed by atoms with Crippen LogP contribution < -0.4 is 10.5 Å². The van der Waals surface area contributed by atoms with Gasteiger partial charge in [0, 0.05) is 0 Å². The molecule has 3 rings (SSSR count). The second-order valence-electron chi connectivity index (χ2n) is 4.66. The Balaban J connectivity index is 1.69. The minimum atomic E-state index is -0.347. The Morgan fingerprint density at radius 2 is 2.00 bits per heavy atom. The highest BCUT2D eigenvalue weighted by Gasteiger charge is 2.06. The number of esters is 1. The van der Waals surface area contributed by atoms with Crippen LogP contribution >= 0.6 is 11.3 Å². The number of carbonyl (C=O) groups excluding carboxylic acids is 1. The van der Waals surface area contributed by atoms with E-state index in [9.17, 15) is 4.79 Å². The number of hydrogen-bond donors (Lipinski definition) is 1. The number of aromatic nitrogens is 1. The van der Waals surface area contributed by atoms with Crippen LogP contribution in [-0.2, 0) is 11.3 Å². The lowest BCUT2D eigenvalue weighted by Gasteiger charge is -2.07. The van der Waals surface area contributed by atoms with Crippen molar-refractivity contribution in [3.63, 3.8) is 0 Å². The number of benzene rings is 2. The average molecular weight is 314 g/mol. The third-order valence-electron chi connectivity index (χ3n) is 3.16. The summed E-state index contributed by atoms with van der Waals surface area (Å²) < 4.78 is 11.4. The molecule has 0 fully saturated rings. The Bertz CT molecular complexity index is 812. The molecule has 0 saturated carbocycles. The van der Waals surface area contributed by atoms with Gasteiger partial charge >= 0.3 is 5.97 Å². The van der Waals surface area contributed by atoms with E-state index in [1.165, 1.54) is 18.4 Å². The summed E-state index contributed by atoms with van der Waals surface area (Å²) in [5.74, 6) is 0.411. The van der Waals surface area contributed by atoms with E-state index in [0.29, 0.717) is 17.3 Å². The van der Waals surface area contributed by atoms with Gasteiger partial charge in [-0.3, -0.25) is 0 Å². The summed E-state index contributed by atoms with van der Waals surface area (Å²) in [4.78, 5) is 15.6. The summed E-state index contributed by atoms with van der Waals surface area (Å²) in [6, 6.07) is 12.8. The monoisotopic (exact) mass is 314 g/mol. The molecule has 112 valence electrons. The zero-order valence-electron chi connectivity index (χ0n) is 11.9. The molecule has 2 N–H and O–H groups in total. The molecular formula is C16H14N2O3S. The molecule has 0 aliphatic heterocycles. The molecule has 0 atom stereocenters. The molecule has 0 amide bonds. The van der Waals surface area contributed by atoms with E-state index >= 15 is 0 Å². The van der Waals surface area contributed by atoms with E-state index in [4.69, 9.17) is 10.5 Å². The maximum absolute atomic E-state index is 11.4. The molecule has 22 heavy (non-hydrogen) atoms. The van der Waals surface area contributed by atoms with Gasteiger partial charge in [0.25, 0.3) is 0 Å². The van der Waals surface area contributed by atoms with Crippen molar-refractivity contribution in [3.05, 3.63) is 53.6 Å². The molecule has 6 heteroatoms.